The first kappa shape index (κ1) is 21.6. The molecule has 0 bridgehead atoms. The van der Waals surface area contributed by atoms with Crippen LogP contribution in [-0.2, 0) is 6.42 Å². The lowest BCUT2D eigenvalue weighted by atomic mass is 9.89. The highest BCUT2D eigenvalue weighted by molar-refractivity contribution is 5.95. The molecule has 3 aromatic rings. The van der Waals surface area contributed by atoms with Crippen LogP contribution in [0.3, 0.4) is 0 Å². The third-order valence-corrected chi connectivity index (χ3v) is 5.25. The number of amides is 1. The maximum Gasteiger partial charge on any atom is 0.573 e. The van der Waals surface area contributed by atoms with Crippen LogP contribution in [0.1, 0.15) is 33.3 Å². The summed E-state index contributed by atoms with van der Waals surface area (Å²) in [5.74, 6) is 0.730. The second-order valence-electron chi connectivity index (χ2n) is 7.14. The summed E-state index contributed by atoms with van der Waals surface area (Å²) >= 11 is 0. The molecule has 0 spiro atoms. The lowest BCUT2D eigenvalue weighted by Gasteiger charge is -2.37. The zero-order chi connectivity index (χ0) is 22.9. The number of benzene rings is 2. The summed E-state index contributed by atoms with van der Waals surface area (Å²) in [4.78, 5) is 15.0. The molecule has 32 heavy (non-hydrogen) atoms. The van der Waals surface area contributed by atoms with Crippen molar-refractivity contribution in [2.24, 2.45) is 0 Å². The molecular weight excluding hydrogens is 427 g/mol. The predicted molar refractivity (Wildman–Crippen MR) is 108 cm³/mol. The third kappa shape index (κ3) is 4.23. The van der Waals surface area contributed by atoms with E-state index in [0.29, 0.717) is 30.2 Å². The van der Waals surface area contributed by atoms with E-state index in [1.807, 2.05) is 6.07 Å². The summed E-state index contributed by atoms with van der Waals surface area (Å²) in [7, 11) is 3.08. The number of carbonyl (C=O) groups excluding carboxylic acids is 1. The summed E-state index contributed by atoms with van der Waals surface area (Å²) in [6.45, 7) is 0.317. The van der Waals surface area contributed by atoms with Crippen LogP contribution in [0.15, 0.2) is 59.2 Å². The Labute approximate surface area is 182 Å². The van der Waals surface area contributed by atoms with Crippen LogP contribution in [0.5, 0.6) is 17.2 Å². The van der Waals surface area contributed by atoms with Gasteiger partial charge in [0, 0.05) is 23.7 Å². The van der Waals surface area contributed by atoms with E-state index in [-0.39, 0.29) is 5.56 Å². The second kappa shape index (κ2) is 8.49. The van der Waals surface area contributed by atoms with Gasteiger partial charge in [0.05, 0.1) is 20.5 Å². The van der Waals surface area contributed by atoms with Crippen molar-refractivity contribution in [2.75, 3.05) is 20.8 Å². The zero-order valence-corrected chi connectivity index (χ0v) is 17.3. The molecule has 0 saturated carbocycles. The van der Waals surface area contributed by atoms with E-state index in [1.54, 1.807) is 30.2 Å². The summed E-state index contributed by atoms with van der Waals surface area (Å²) in [6.07, 6.45) is -2.85. The van der Waals surface area contributed by atoms with E-state index < -0.39 is 24.1 Å². The summed E-state index contributed by atoms with van der Waals surface area (Å²) in [5.41, 5.74) is 1.74. The maximum atomic E-state index is 13.4. The van der Waals surface area contributed by atoms with E-state index in [1.165, 1.54) is 25.5 Å². The van der Waals surface area contributed by atoms with Crippen LogP contribution in [0.2, 0.25) is 0 Å². The van der Waals surface area contributed by atoms with Gasteiger partial charge < -0.3 is 23.5 Å². The molecule has 6 nitrogen and oxygen atoms in total. The van der Waals surface area contributed by atoms with E-state index in [2.05, 4.69) is 4.74 Å². The number of nitrogens with zero attached hydrogens (tertiary/aromatic N) is 1. The number of methoxy groups -OCH3 is 2. The van der Waals surface area contributed by atoms with Crippen molar-refractivity contribution in [3.8, 4) is 17.2 Å². The van der Waals surface area contributed by atoms with E-state index >= 15 is 0 Å². The summed E-state index contributed by atoms with van der Waals surface area (Å²) in [6, 6.07) is 11.4. The number of fused-ring (bicyclic) bond motifs is 1. The van der Waals surface area contributed by atoms with Gasteiger partial charge >= 0.3 is 6.36 Å². The van der Waals surface area contributed by atoms with Gasteiger partial charge in [0.15, 0.2) is 0 Å². The Hall–Kier alpha value is -3.62. The average Bonchev–Trinajstić information content (AvgIpc) is 3.30. The zero-order valence-electron chi connectivity index (χ0n) is 17.3. The van der Waals surface area contributed by atoms with E-state index in [0.717, 1.165) is 23.3 Å². The molecule has 0 saturated heterocycles. The minimum absolute atomic E-state index is 0.0687. The van der Waals surface area contributed by atoms with Crippen LogP contribution in [0, 0.1) is 0 Å². The smallest absolute Gasteiger partial charge is 0.497 e. The van der Waals surface area contributed by atoms with Gasteiger partial charge in [0.25, 0.3) is 5.91 Å². The van der Waals surface area contributed by atoms with Crippen molar-refractivity contribution in [3.05, 3.63) is 77.2 Å². The number of hydrogen-bond acceptors (Lipinski definition) is 5. The van der Waals surface area contributed by atoms with Crippen molar-refractivity contribution in [3.63, 3.8) is 0 Å². The Morgan fingerprint density at radius 2 is 1.88 bits per heavy atom. The van der Waals surface area contributed by atoms with Gasteiger partial charge in [-0.3, -0.25) is 4.79 Å². The molecule has 1 aliphatic heterocycles. The number of alkyl halides is 3. The standard InChI is InChI=1S/C23H20F3NO5/c1-29-17-11-14-8-9-27(21(18-7-4-10-31-18)20(14)19(13-17)30-2)22(28)15-5-3-6-16(12-15)32-23(24,25)26/h3-7,10-13,21H,8-9H2,1-2H3. The third-order valence-electron chi connectivity index (χ3n) is 5.25. The van der Waals surface area contributed by atoms with Gasteiger partial charge in [-0.2, -0.15) is 0 Å². The lowest BCUT2D eigenvalue weighted by Crippen LogP contribution is -2.40. The second-order valence-corrected chi connectivity index (χ2v) is 7.14. The monoisotopic (exact) mass is 447 g/mol. The Bertz CT molecular complexity index is 1090. The van der Waals surface area contributed by atoms with Gasteiger partial charge in [0.1, 0.15) is 29.1 Å². The summed E-state index contributed by atoms with van der Waals surface area (Å²) in [5, 5.41) is 0. The molecule has 9 heteroatoms. The van der Waals surface area contributed by atoms with Crippen LogP contribution in [-0.4, -0.2) is 37.9 Å². The first-order chi connectivity index (χ1) is 15.3. The normalized spacial score (nSPS) is 15.8. The fraction of sp³-hybridized carbons (Fsp3) is 0.261. The Balaban J connectivity index is 1.77. The van der Waals surface area contributed by atoms with E-state index in [4.69, 9.17) is 13.9 Å². The van der Waals surface area contributed by atoms with Crippen molar-refractivity contribution in [1.82, 2.24) is 4.90 Å². The fourth-order valence-electron chi connectivity index (χ4n) is 3.94. The van der Waals surface area contributed by atoms with Crippen molar-refractivity contribution < 1.29 is 36.6 Å². The van der Waals surface area contributed by atoms with Crippen LogP contribution < -0.4 is 14.2 Å². The molecule has 4 rings (SSSR count). The van der Waals surface area contributed by atoms with Crippen LogP contribution >= 0.6 is 0 Å². The quantitative estimate of drug-likeness (QED) is 0.552. The molecule has 1 amide bonds. The Morgan fingerprint density at radius 1 is 1.06 bits per heavy atom. The van der Waals surface area contributed by atoms with Gasteiger partial charge in [0.2, 0.25) is 0 Å². The van der Waals surface area contributed by atoms with Gasteiger partial charge in [-0.15, -0.1) is 13.2 Å². The molecule has 1 atom stereocenters. The van der Waals surface area contributed by atoms with E-state index in [9.17, 15) is 18.0 Å². The molecule has 0 fully saturated rings. The van der Waals surface area contributed by atoms with Crippen molar-refractivity contribution >= 4 is 5.91 Å². The first-order valence-electron chi connectivity index (χ1n) is 9.75. The van der Waals surface area contributed by atoms with Crippen LogP contribution in [0.25, 0.3) is 0 Å². The maximum absolute atomic E-state index is 13.4. The molecule has 1 aromatic heterocycles. The first-order valence-corrected chi connectivity index (χ1v) is 9.75. The molecule has 1 unspecified atom stereocenters. The molecule has 0 N–H and O–H groups in total. The fourth-order valence-corrected chi connectivity index (χ4v) is 3.94. The van der Waals surface area contributed by atoms with Gasteiger partial charge in [-0.25, -0.2) is 0 Å². The van der Waals surface area contributed by atoms with Crippen LogP contribution in [0.4, 0.5) is 13.2 Å². The van der Waals surface area contributed by atoms with Crippen molar-refractivity contribution in [1.29, 1.82) is 0 Å². The minimum Gasteiger partial charge on any atom is -0.497 e. The number of hydrogen-bond donors (Lipinski definition) is 0. The highest BCUT2D eigenvalue weighted by atomic mass is 19.4. The SMILES string of the molecule is COc1cc2c(c(OC)c1)C(c1ccco1)N(C(=O)c1cccc(OC(F)(F)F)c1)CC2. The number of ether oxygens (including phenoxy) is 3. The Morgan fingerprint density at radius 3 is 2.53 bits per heavy atom. The average molecular weight is 447 g/mol. The minimum atomic E-state index is -4.85. The number of rotatable bonds is 5. The van der Waals surface area contributed by atoms with Gasteiger partial charge in [-0.05, 0) is 48.4 Å². The molecule has 2 aromatic carbocycles. The van der Waals surface area contributed by atoms with Crippen molar-refractivity contribution in [2.45, 2.75) is 18.8 Å². The molecule has 1 aliphatic rings. The number of halogens is 3. The highest BCUT2D eigenvalue weighted by Gasteiger charge is 2.37. The molecule has 0 aliphatic carbocycles. The molecule has 168 valence electrons. The number of carbonyl (C=O) groups is 1. The van der Waals surface area contributed by atoms with Gasteiger partial charge in [-0.1, -0.05) is 6.07 Å². The number of furan rings is 1. The molecule has 0 radical (unpaired) electrons. The largest absolute Gasteiger partial charge is 0.573 e. The topological polar surface area (TPSA) is 61.1 Å². The highest BCUT2D eigenvalue weighted by Crippen LogP contribution is 2.43. The molecular formula is C23H20F3NO5. The summed E-state index contributed by atoms with van der Waals surface area (Å²) < 4.78 is 58.5. The molecule has 2 heterocycles. The lowest BCUT2D eigenvalue weighted by molar-refractivity contribution is -0.274. The Kier molecular flexibility index (Phi) is 5.73. The predicted octanol–water partition coefficient (Wildman–Crippen LogP) is 4.98.